The van der Waals surface area contributed by atoms with Crippen LogP contribution in [0.5, 0.6) is 5.75 Å². The van der Waals surface area contributed by atoms with Crippen LogP contribution in [0.15, 0.2) is 40.9 Å². The lowest BCUT2D eigenvalue weighted by Crippen LogP contribution is -2.34. The van der Waals surface area contributed by atoms with E-state index in [4.69, 9.17) is 9.15 Å². The van der Waals surface area contributed by atoms with Gasteiger partial charge >= 0.3 is 0 Å². The van der Waals surface area contributed by atoms with Gasteiger partial charge in [-0.3, -0.25) is 4.90 Å². The van der Waals surface area contributed by atoms with Crippen molar-refractivity contribution in [3.63, 3.8) is 0 Å². The molecule has 1 fully saturated rings. The van der Waals surface area contributed by atoms with Gasteiger partial charge in [0.25, 0.3) is 0 Å². The summed E-state index contributed by atoms with van der Waals surface area (Å²) in [7, 11) is 2.16. The zero-order chi connectivity index (χ0) is 16.8. The molecule has 0 unspecified atom stereocenters. The molecule has 0 saturated carbocycles. The highest BCUT2D eigenvalue weighted by Gasteiger charge is 2.26. The molecule has 1 saturated heterocycles. The van der Waals surface area contributed by atoms with E-state index >= 15 is 0 Å². The normalized spacial score (nSPS) is 18.4. The van der Waals surface area contributed by atoms with Crippen LogP contribution in [0.4, 0.5) is 0 Å². The highest BCUT2D eigenvalue weighted by Crippen LogP contribution is 2.17. The highest BCUT2D eigenvalue weighted by molar-refractivity contribution is 5.20. The topological polar surface area (TPSA) is 41.7 Å². The number of oxazole rings is 1. The van der Waals surface area contributed by atoms with Crippen LogP contribution in [0.2, 0.25) is 0 Å². The Morgan fingerprint density at radius 3 is 2.92 bits per heavy atom. The van der Waals surface area contributed by atoms with Crippen LogP contribution in [0.25, 0.3) is 0 Å². The summed E-state index contributed by atoms with van der Waals surface area (Å²) in [6.45, 7) is 6.85. The predicted molar refractivity (Wildman–Crippen MR) is 94.1 cm³/mol. The van der Waals surface area contributed by atoms with Gasteiger partial charge in [0.1, 0.15) is 11.5 Å². The third-order valence-electron chi connectivity index (χ3n) is 4.56. The lowest BCUT2D eigenvalue weighted by Gasteiger charge is -2.23. The quantitative estimate of drug-likeness (QED) is 0.697. The molecule has 0 bridgehead atoms. The summed E-state index contributed by atoms with van der Waals surface area (Å²) in [6, 6.07) is 10.6. The molecule has 0 radical (unpaired) electrons. The molecule has 3 rings (SSSR count). The lowest BCUT2D eigenvalue weighted by molar-refractivity contribution is 0.201. The Labute approximate surface area is 144 Å². The molecule has 24 heavy (non-hydrogen) atoms. The Bertz CT molecular complexity index is 614. The van der Waals surface area contributed by atoms with Gasteiger partial charge in [0.15, 0.2) is 0 Å². The second-order valence-corrected chi connectivity index (χ2v) is 6.54. The first-order valence-corrected chi connectivity index (χ1v) is 8.72. The first kappa shape index (κ1) is 17.0. The molecule has 0 aliphatic carbocycles. The van der Waals surface area contributed by atoms with E-state index in [9.17, 15) is 0 Å². The first-order valence-electron chi connectivity index (χ1n) is 8.72. The molecule has 2 aromatic rings. The van der Waals surface area contributed by atoms with Crippen molar-refractivity contribution in [3.05, 3.63) is 48.2 Å². The molecule has 130 valence electrons. The number of likely N-dealkylation sites (N-methyl/N-ethyl adjacent to an activating group) is 1. The smallest absolute Gasteiger partial charge is 0.208 e. The van der Waals surface area contributed by atoms with Gasteiger partial charge in [0, 0.05) is 19.1 Å². The number of hydrogen-bond acceptors (Lipinski definition) is 5. The molecular weight excluding hydrogens is 302 g/mol. The van der Waals surface area contributed by atoms with Gasteiger partial charge in [0.2, 0.25) is 5.89 Å². The standard InChI is InChI=1S/C19H27N3O2/c1-16-13-20-19(24-16)15-21(2)17-9-11-22(14-17)10-6-12-23-18-7-4-3-5-8-18/h3-5,7-8,13,17H,6,9-12,14-15H2,1-2H3/t17-/m1/s1. The average Bonchev–Trinajstić information content (AvgIpc) is 3.22. The van der Waals surface area contributed by atoms with E-state index in [0.29, 0.717) is 6.04 Å². The molecule has 5 nitrogen and oxygen atoms in total. The largest absolute Gasteiger partial charge is 0.494 e. The highest BCUT2D eigenvalue weighted by atomic mass is 16.5. The predicted octanol–water partition coefficient (Wildman–Crippen LogP) is 2.96. The van der Waals surface area contributed by atoms with Crippen molar-refractivity contribution in [2.75, 3.05) is 33.3 Å². The Hall–Kier alpha value is -1.85. The summed E-state index contributed by atoms with van der Waals surface area (Å²) in [6.07, 6.45) is 4.05. The van der Waals surface area contributed by atoms with Crippen molar-refractivity contribution in [2.45, 2.75) is 32.4 Å². The van der Waals surface area contributed by atoms with Crippen molar-refractivity contribution in [1.29, 1.82) is 0 Å². The van der Waals surface area contributed by atoms with Crippen molar-refractivity contribution in [3.8, 4) is 5.75 Å². The molecule has 1 aliphatic heterocycles. The summed E-state index contributed by atoms with van der Waals surface area (Å²) in [5, 5.41) is 0. The fourth-order valence-corrected chi connectivity index (χ4v) is 3.19. The Morgan fingerprint density at radius 1 is 1.33 bits per heavy atom. The second-order valence-electron chi connectivity index (χ2n) is 6.54. The van der Waals surface area contributed by atoms with Crippen LogP contribution in [0.1, 0.15) is 24.5 Å². The average molecular weight is 329 g/mol. The van der Waals surface area contributed by atoms with Crippen molar-refractivity contribution in [1.82, 2.24) is 14.8 Å². The van der Waals surface area contributed by atoms with Crippen molar-refractivity contribution in [2.24, 2.45) is 0 Å². The van der Waals surface area contributed by atoms with Crippen molar-refractivity contribution < 1.29 is 9.15 Å². The van der Waals surface area contributed by atoms with E-state index in [1.807, 2.05) is 37.3 Å². The van der Waals surface area contributed by atoms with E-state index < -0.39 is 0 Å². The van der Waals surface area contributed by atoms with E-state index in [0.717, 1.165) is 56.6 Å². The van der Waals surface area contributed by atoms with Gasteiger partial charge in [-0.2, -0.15) is 0 Å². The fraction of sp³-hybridized carbons (Fsp3) is 0.526. The molecule has 1 atom stereocenters. The Balaban J connectivity index is 1.34. The molecule has 0 amide bonds. The Morgan fingerprint density at radius 2 is 2.17 bits per heavy atom. The number of rotatable bonds is 8. The molecule has 1 aromatic carbocycles. The number of aromatic nitrogens is 1. The fourth-order valence-electron chi connectivity index (χ4n) is 3.19. The van der Waals surface area contributed by atoms with Crippen LogP contribution in [0, 0.1) is 6.92 Å². The summed E-state index contributed by atoms with van der Waals surface area (Å²) in [5.41, 5.74) is 0. The van der Waals surface area contributed by atoms with Crippen LogP contribution in [-0.4, -0.2) is 54.1 Å². The van der Waals surface area contributed by atoms with Crippen molar-refractivity contribution >= 4 is 0 Å². The van der Waals surface area contributed by atoms with E-state index in [1.165, 1.54) is 6.42 Å². The van der Waals surface area contributed by atoms with Crippen LogP contribution in [0.3, 0.4) is 0 Å². The van der Waals surface area contributed by atoms with Gasteiger partial charge < -0.3 is 14.1 Å². The lowest BCUT2D eigenvalue weighted by atomic mass is 10.2. The minimum atomic E-state index is 0.576. The van der Waals surface area contributed by atoms with Gasteiger partial charge in [0.05, 0.1) is 19.3 Å². The van der Waals surface area contributed by atoms with E-state index in [1.54, 1.807) is 6.20 Å². The second kappa shape index (κ2) is 8.31. The SMILES string of the molecule is Cc1cnc(CN(C)[C@@H]2CCN(CCCOc3ccccc3)C2)o1. The molecule has 1 aromatic heterocycles. The Kier molecular flexibility index (Phi) is 5.88. The number of para-hydroxylation sites is 1. The minimum absolute atomic E-state index is 0.576. The number of nitrogens with zero attached hydrogens (tertiary/aromatic N) is 3. The van der Waals surface area contributed by atoms with Crippen LogP contribution >= 0.6 is 0 Å². The third-order valence-corrected chi connectivity index (χ3v) is 4.56. The maximum atomic E-state index is 5.76. The number of ether oxygens (including phenoxy) is 1. The van der Waals surface area contributed by atoms with E-state index in [-0.39, 0.29) is 0 Å². The molecule has 5 heteroatoms. The molecule has 2 heterocycles. The summed E-state index contributed by atoms with van der Waals surface area (Å²) in [4.78, 5) is 9.17. The molecular formula is C19H27N3O2. The zero-order valence-electron chi connectivity index (χ0n) is 14.6. The van der Waals surface area contributed by atoms with Gasteiger partial charge in [-0.15, -0.1) is 0 Å². The van der Waals surface area contributed by atoms with Gasteiger partial charge in [-0.05, 0) is 45.5 Å². The number of hydrogen-bond donors (Lipinski definition) is 0. The first-order chi connectivity index (χ1) is 11.7. The maximum Gasteiger partial charge on any atom is 0.208 e. The molecule has 0 spiro atoms. The minimum Gasteiger partial charge on any atom is -0.494 e. The summed E-state index contributed by atoms with van der Waals surface area (Å²) >= 11 is 0. The third kappa shape index (κ3) is 4.82. The van der Waals surface area contributed by atoms with Crippen LogP contribution in [-0.2, 0) is 6.54 Å². The maximum absolute atomic E-state index is 5.76. The molecule has 0 N–H and O–H groups in total. The molecule has 1 aliphatic rings. The van der Waals surface area contributed by atoms with Gasteiger partial charge in [-0.25, -0.2) is 4.98 Å². The number of likely N-dealkylation sites (tertiary alicyclic amines) is 1. The number of benzene rings is 1. The zero-order valence-corrected chi connectivity index (χ0v) is 14.6. The monoisotopic (exact) mass is 329 g/mol. The van der Waals surface area contributed by atoms with E-state index in [2.05, 4.69) is 21.8 Å². The van der Waals surface area contributed by atoms with Crippen LogP contribution < -0.4 is 4.74 Å². The van der Waals surface area contributed by atoms with Gasteiger partial charge in [-0.1, -0.05) is 18.2 Å². The number of aryl methyl sites for hydroxylation is 1. The summed E-state index contributed by atoms with van der Waals surface area (Å²) in [5.74, 6) is 2.65. The summed E-state index contributed by atoms with van der Waals surface area (Å²) < 4.78 is 11.3.